The number of imidazole rings is 1. The molecule has 2 rings (SSSR count). The summed E-state index contributed by atoms with van der Waals surface area (Å²) < 4.78 is 1.91. The molecule has 0 fully saturated rings. The zero-order valence-electron chi connectivity index (χ0n) is 8.08. The highest BCUT2D eigenvalue weighted by atomic mass is 16.1. The van der Waals surface area contributed by atoms with Crippen molar-refractivity contribution in [1.82, 2.24) is 9.55 Å². The number of allylic oxidation sites excluding steroid dienone is 1. The second-order valence-corrected chi connectivity index (χ2v) is 3.06. The maximum absolute atomic E-state index is 10.2. The summed E-state index contributed by atoms with van der Waals surface area (Å²) in [5.41, 5.74) is 2.02. The van der Waals surface area contributed by atoms with Gasteiger partial charge >= 0.3 is 0 Å². The molecule has 0 saturated heterocycles. The summed E-state index contributed by atoms with van der Waals surface area (Å²) in [7, 11) is 0. The van der Waals surface area contributed by atoms with E-state index in [2.05, 4.69) is 4.98 Å². The van der Waals surface area contributed by atoms with Crippen LogP contribution in [0.2, 0.25) is 0 Å². The Hall–Kier alpha value is -2.16. The lowest BCUT2D eigenvalue weighted by Gasteiger charge is -2.02. The lowest BCUT2D eigenvalue weighted by Crippen LogP contribution is -1.89. The Morgan fingerprint density at radius 2 is 2.27 bits per heavy atom. The molecule has 0 spiro atoms. The van der Waals surface area contributed by atoms with Crippen LogP contribution in [0.25, 0.3) is 11.8 Å². The number of nitrogens with zero attached hydrogens (tertiary/aromatic N) is 2. The van der Waals surface area contributed by atoms with Gasteiger partial charge in [0.2, 0.25) is 0 Å². The van der Waals surface area contributed by atoms with Gasteiger partial charge in [0.15, 0.2) is 0 Å². The van der Waals surface area contributed by atoms with Crippen LogP contribution in [0.5, 0.6) is 0 Å². The zero-order valence-corrected chi connectivity index (χ0v) is 8.08. The lowest BCUT2D eigenvalue weighted by atomic mass is 10.2. The van der Waals surface area contributed by atoms with Crippen LogP contribution in [0.4, 0.5) is 0 Å². The van der Waals surface area contributed by atoms with Crippen molar-refractivity contribution < 1.29 is 4.79 Å². The fourth-order valence-corrected chi connectivity index (χ4v) is 1.35. The van der Waals surface area contributed by atoms with Gasteiger partial charge in [-0.2, -0.15) is 0 Å². The van der Waals surface area contributed by atoms with Gasteiger partial charge in [-0.25, -0.2) is 4.98 Å². The van der Waals surface area contributed by atoms with Gasteiger partial charge in [-0.1, -0.05) is 18.2 Å². The molecule has 2 aromatic rings. The van der Waals surface area contributed by atoms with E-state index in [1.54, 1.807) is 18.6 Å². The predicted molar refractivity (Wildman–Crippen MR) is 58.7 cm³/mol. The predicted octanol–water partition coefficient (Wildman–Crippen LogP) is 2.08. The first-order valence-electron chi connectivity index (χ1n) is 4.60. The molecule has 0 amide bonds. The molecule has 0 radical (unpaired) electrons. The fraction of sp³-hybridized carbons (Fsp3) is 0. The summed E-state index contributed by atoms with van der Waals surface area (Å²) >= 11 is 0. The first kappa shape index (κ1) is 9.40. The van der Waals surface area contributed by atoms with Gasteiger partial charge in [0.05, 0.1) is 6.33 Å². The molecule has 0 aliphatic rings. The first-order valence-corrected chi connectivity index (χ1v) is 4.60. The lowest BCUT2D eigenvalue weighted by molar-refractivity contribution is -0.104. The van der Waals surface area contributed by atoms with Gasteiger partial charge < -0.3 is 4.57 Å². The van der Waals surface area contributed by atoms with Crippen molar-refractivity contribution in [1.29, 1.82) is 0 Å². The van der Waals surface area contributed by atoms with Crippen LogP contribution >= 0.6 is 0 Å². The van der Waals surface area contributed by atoms with Crippen LogP contribution in [-0.4, -0.2) is 15.8 Å². The zero-order chi connectivity index (χ0) is 10.5. The average Bonchev–Trinajstić information content (AvgIpc) is 2.80. The highest BCUT2D eigenvalue weighted by Crippen LogP contribution is 2.11. The van der Waals surface area contributed by atoms with E-state index in [0.717, 1.165) is 17.5 Å². The molecule has 0 saturated carbocycles. The molecule has 0 bridgehead atoms. The molecule has 1 aromatic heterocycles. The Morgan fingerprint density at radius 3 is 3.00 bits per heavy atom. The second-order valence-electron chi connectivity index (χ2n) is 3.06. The van der Waals surface area contributed by atoms with Gasteiger partial charge in [0.25, 0.3) is 0 Å². The molecule has 3 nitrogen and oxygen atoms in total. The minimum atomic E-state index is 0.768. The van der Waals surface area contributed by atoms with Gasteiger partial charge in [-0.15, -0.1) is 0 Å². The van der Waals surface area contributed by atoms with Crippen LogP contribution < -0.4 is 0 Å². The van der Waals surface area contributed by atoms with E-state index in [1.807, 2.05) is 35.0 Å². The van der Waals surface area contributed by atoms with E-state index in [0.29, 0.717) is 0 Å². The van der Waals surface area contributed by atoms with Gasteiger partial charge in [0.1, 0.15) is 6.29 Å². The fourth-order valence-electron chi connectivity index (χ4n) is 1.35. The molecule has 1 aromatic carbocycles. The van der Waals surface area contributed by atoms with Gasteiger partial charge in [0, 0.05) is 18.1 Å². The van der Waals surface area contributed by atoms with Crippen molar-refractivity contribution in [2.75, 3.05) is 0 Å². The topological polar surface area (TPSA) is 34.9 Å². The maximum atomic E-state index is 10.2. The minimum Gasteiger partial charge on any atom is -0.306 e. The monoisotopic (exact) mass is 198 g/mol. The number of aromatic nitrogens is 2. The maximum Gasteiger partial charge on any atom is 0.142 e. The highest BCUT2D eigenvalue weighted by Gasteiger charge is 1.94. The molecule has 74 valence electrons. The van der Waals surface area contributed by atoms with E-state index in [-0.39, 0.29) is 0 Å². The SMILES string of the molecule is O=CC=Cc1cccc(-n2ccnc2)c1. The number of benzene rings is 1. The number of hydrogen-bond donors (Lipinski definition) is 0. The molecular weight excluding hydrogens is 188 g/mol. The van der Waals surface area contributed by atoms with E-state index < -0.39 is 0 Å². The number of carbonyl (C=O) groups is 1. The van der Waals surface area contributed by atoms with Gasteiger partial charge in [-0.3, -0.25) is 4.79 Å². The molecular formula is C12H10N2O. The molecule has 0 aliphatic carbocycles. The molecule has 0 atom stereocenters. The van der Waals surface area contributed by atoms with Crippen molar-refractivity contribution in [3.63, 3.8) is 0 Å². The standard InChI is InChI=1S/C12H10N2O/c15-8-2-4-11-3-1-5-12(9-11)14-7-6-13-10-14/h1-10H. The molecule has 0 N–H and O–H groups in total. The van der Waals surface area contributed by atoms with E-state index in [9.17, 15) is 4.79 Å². The third kappa shape index (κ3) is 2.20. The van der Waals surface area contributed by atoms with Crippen LogP contribution in [0.3, 0.4) is 0 Å². The van der Waals surface area contributed by atoms with Crippen molar-refractivity contribution in [3.8, 4) is 5.69 Å². The third-order valence-electron chi connectivity index (χ3n) is 2.04. The van der Waals surface area contributed by atoms with Gasteiger partial charge in [-0.05, 0) is 23.8 Å². The summed E-state index contributed by atoms with van der Waals surface area (Å²) in [5, 5.41) is 0. The quantitative estimate of drug-likeness (QED) is 0.559. The molecule has 3 heteroatoms. The third-order valence-corrected chi connectivity index (χ3v) is 2.04. The number of hydrogen-bond acceptors (Lipinski definition) is 2. The minimum absolute atomic E-state index is 0.768. The molecule has 1 heterocycles. The van der Waals surface area contributed by atoms with Crippen molar-refractivity contribution in [2.24, 2.45) is 0 Å². The van der Waals surface area contributed by atoms with Crippen molar-refractivity contribution in [3.05, 3.63) is 54.6 Å². The number of carbonyl (C=O) groups excluding carboxylic acids is 1. The Kier molecular flexibility index (Phi) is 2.74. The molecule has 0 unspecified atom stereocenters. The summed E-state index contributed by atoms with van der Waals surface area (Å²) in [6.07, 6.45) is 9.36. The van der Waals surface area contributed by atoms with Crippen LogP contribution in [0, 0.1) is 0 Å². The second kappa shape index (κ2) is 4.37. The van der Waals surface area contributed by atoms with Crippen LogP contribution in [0.15, 0.2) is 49.1 Å². The average molecular weight is 198 g/mol. The number of rotatable bonds is 3. The van der Waals surface area contributed by atoms with Crippen molar-refractivity contribution in [2.45, 2.75) is 0 Å². The van der Waals surface area contributed by atoms with Crippen molar-refractivity contribution >= 4 is 12.4 Å². The van der Waals surface area contributed by atoms with E-state index >= 15 is 0 Å². The summed E-state index contributed by atoms with van der Waals surface area (Å²) in [6.45, 7) is 0. The normalized spacial score (nSPS) is 10.7. The Labute approximate surface area is 87.7 Å². The van der Waals surface area contributed by atoms with Crippen LogP contribution in [0.1, 0.15) is 5.56 Å². The smallest absolute Gasteiger partial charge is 0.142 e. The Balaban J connectivity index is 2.34. The summed E-state index contributed by atoms with van der Waals surface area (Å²) in [4.78, 5) is 14.2. The van der Waals surface area contributed by atoms with Crippen LogP contribution in [-0.2, 0) is 4.79 Å². The highest BCUT2D eigenvalue weighted by molar-refractivity contribution is 5.74. The largest absolute Gasteiger partial charge is 0.306 e. The first-order chi connectivity index (χ1) is 7.40. The number of aldehydes is 1. The molecule has 0 aliphatic heterocycles. The summed E-state index contributed by atoms with van der Waals surface area (Å²) in [6, 6.07) is 7.86. The molecule has 15 heavy (non-hydrogen) atoms. The van der Waals surface area contributed by atoms with E-state index in [1.165, 1.54) is 6.08 Å². The Bertz CT molecular complexity index is 472. The van der Waals surface area contributed by atoms with E-state index in [4.69, 9.17) is 0 Å². The Morgan fingerprint density at radius 1 is 1.33 bits per heavy atom. The summed E-state index contributed by atoms with van der Waals surface area (Å²) in [5.74, 6) is 0.